The van der Waals surface area contributed by atoms with Crippen molar-refractivity contribution in [2.45, 2.75) is 32.1 Å². The minimum absolute atomic E-state index is 0.214. The van der Waals surface area contributed by atoms with Crippen molar-refractivity contribution in [2.24, 2.45) is 0 Å². The average Bonchev–Trinajstić information content (AvgIpc) is 2.16. The highest BCUT2D eigenvalue weighted by atomic mass is 16.1. The van der Waals surface area contributed by atoms with Gasteiger partial charge < -0.3 is 0 Å². The summed E-state index contributed by atoms with van der Waals surface area (Å²) in [6.45, 7) is 2.14. The molecule has 13 heavy (non-hydrogen) atoms. The first-order chi connectivity index (χ1) is 6.31. The Bertz CT molecular complexity index is 328. The van der Waals surface area contributed by atoms with E-state index in [1.54, 1.807) is 0 Å². The van der Waals surface area contributed by atoms with Crippen LogP contribution in [0.3, 0.4) is 0 Å². The lowest BCUT2D eigenvalue weighted by molar-refractivity contribution is -0.125. The van der Waals surface area contributed by atoms with Gasteiger partial charge in [-0.25, -0.2) is 0 Å². The first-order valence-electron chi connectivity index (χ1n) is 4.93. The summed E-state index contributed by atoms with van der Waals surface area (Å²) in [5, 5.41) is 0. The zero-order valence-corrected chi connectivity index (χ0v) is 7.92. The van der Waals surface area contributed by atoms with Crippen molar-refractivity contribution in [1.82, 2.24) is 0 Å². The van der Waals surface area contributed by atoms with Crippen LogP contribution in [0, 0.1) is 0 Å². The molecule has 0 saturated heterocycles. The molecule has 1 aromatic rings. The van der Waals surface area contributed by atoms with E-state index >= 15 is 0 Å². The molecule has 1 fully saturated rings. The second-order valence-electron chi connectivity index (χ2n) is 3.66. The maximum absolute atomic E-state index is 11.2. The van der Waals surface area contributed by atoms with Gasteiger partial charge in [-0.3, -0.25) is 4.79 Å². The smallest absolute Gasteiger partial charge is 0.140 e. The quantitative estimate of drug-likeness (QED) is 0.673. The molecule has 1 nitrogen and oxygen atoms in total. The summed E-state index contributed by atoms with van der Waals surface area (Å²) >= 11 is 0. The van der Waals surface area contributed by atoms with Crippen molar-refractivity contribution < 1.29 is 4.79 Å². The van der Waals surface area contributed by atoms with Crippen molar-refractivity contribution in [3.05, 3.63) is 35.4 Å². The molecule has 2 rings (SSSR count). The number of ketones is 1. The molecule has 0 aromatic heterocycles. The highest BCUT2D eigenvalue weighted by Crippen LogP contribution is 2.33. The van der Waals surface area contributed by atoms with Crippen LogP contribution in [0.4, 0.5) is 0 Å². The number of hydrogen-bond donors (Lipinski definition) is 0. The lowest BCUT2D eigenvalue weighted by atomic mass is 9.78. The predicted octanol–water partition coefficient (Wildman–Crippen LogP) is 2.70. The van der Waals surface area contributed by atoms with Crippen LogP contribution in [0.5, 0.6) is 0 Å². The minimum Gasteiger partial charge on any atom is -0.299 e. The summed E-state index contributed by atoms with van der Waals surface area (Å²) in [5.41, 5.74) is 2.55. The van der Waals surface area contributed by atoms with E-state index in [9.17, 15) is 4.79 Å². The number of benzene rings is 1. The van der Waals surface area contributed by atoms with Gasteiger partial charge in [0.25, 0.3) is 0 Å². The van der Waals surface area contributed by atoms with Crippen LogP contribution in [0.25, 0.3) is 0 Å². The molecule has 0 N–H and O–H groups in total. The molecule has 0 amide bonds. The SMILES string of the molecule is CCc1cccc(C2CCC2=O)c1. The first-order valence-corrected chi connectivity index (χ1v) is 4.93. The lowest BCUT2D eigenvalue weighted by Crippen LogP contribution is -2.23. The van der Waals surface area contributed by atoms with E-state index in [2.05, 4.69) is 31.2 Å². The molecule has 1 unspecified atom stereocenters. The molecule has 1 aliphatic carbocycles. The minimum atomic E-state index is 0.214. The zero-order valence-electron chi connectivity index (χ0n) is 7.92. The molecule has 1 aliphatic rings. The zero-order chi connectivity index (χ0) is 9.26. The molecule has 68 valence electrons. The largest absolute Gasteiger partial charge is 0.299 e. The molecule has 1 aromatic carbocycles. The Morgan fingerprint density at radius 2 is 2.31 bits per heavy atom. The van der Waals surface area contributed by atoms with Crippen LogP contribution in [-0.2, 0) is 11.2 Å². The molecule has 1 atom stereocenters. The van der Waals surface area contributed by atoms with Gasteiger partial charge in [-0.2, -0.15) is 0 Å². The number of aryl methyl sites for hydroxylation is 1. The molecule has 1 saturated carbocycles. The molecule has 0 spiro atoms. The van der Waals surface area contributed by atoms with E-state index in [0.29, 0.717) is 5.78 Å². The van der Waals surface area contributed by atoms with Crippen molar-refractivity contribution in [1.29, 1.82) is 0 Å². The van der Waals surface area contributed by atoms with Crippen LogP contribution in [-0.4, -0.2) is 5.78 Å². The van der Waals surface area contributed by atoms with E-state index < -0.39 is 0 Å². The van der Waals surface area contributed by atoms with Crippen LogP contribution in [0.2, 0.25) is 0 Å². The van der Waals surface area contributed by atoms with Crippen molar-refractivity contribution in [3.63, 3.8) is 0 Å². The number of carbonyl (C=O) groups is 1. The van der Waals surface area contributed by atoms with Gasteiger partial charge in [-0.1, -0.05) is 31.2 Å². The molecule has 0 heterocycles. The van der Waals surface area contributed by atoms with Crippen LogP contribution < -0.4 is 0 Å². The fraction of sp³-hybridized carbons (Fsp3) is 0.417. The van der Waals surface area contributed by atoms with Crippen LogP contribution in [0.1, 0.15) is 36.8 Å². The van der Waals surface area contributed by atoms with Gasteiger partial charge in [0, 0.05) is 12.3 Å². The second kappa shape index (κ2) is 3.33. The van der Waals surface area contributed by atoms with Crippen molar-refractivity contribution in [3.8, 4) is 0 Å². The summed E-state index contributed by atoms with van der Waals surface area (Å²) in [6.07, 6.45) is 2.88. The van der Waals surface area contributed by atoms with Gasteiger partial charge in [0.1, 0.15) is 5.78 Å². The van der Waals surface area contributed by atoms with E-state index in [-0.39, 0.29) is 5.92 Å². The Balaban J connectivity index is 2.24. The topological polar surface area (TPSA) is 17.1 Å². The summed E-state index contributed by atoms with van der Waals surface area (Å²) < 4.78 is 0. The first kappa shape index (κ1) is 8.49. The van der Waals surface area contributed by atoms with Crippen molar-refractivity contribution in [2.75, 3.05) is 0 Å². The predicted molar refractivity (Wildman–Crippen MR) is 52.8 cm³/mol. The van der Waals surface area contributed by atoms with Gasteiger partial charge in [-0.15, -0.1) is 0 Å². The highest BCUT2D eigenvalue weighted by molar-refractivity contribution is 5.91. The highest BCUT2D eigenvalue weighted by Gasteiger charge is 2.29. The standard InChI is InChI=1S/C12H14O/c1-2-9-4-3-5-10(8-9)11-6-7-12(11)13/h3-5,8,11H,2,6-7H2,1H3. The fourth-order valence-electron chi connectivity index (χ4n) is 1.79. The molecule has 0 aliphatic heterocycles. The summed E-state index contributed by atoms with van der Waals surface area (Å²) in [6, 6.07) is 8.41. The van der Waals surface area contributed by atoms with Crippen LogP contribution in [0.15, 0.2) is 24.3 Å². The lowest BCUT2D eigenvalue weighted by Gasteiger charge is -2.24. The molecule has 1 heteroatoms. The third-order valence-corrected chi connectivity index (χ3v) is 2.83. The number of rotatable bonds is 2. The van der Waals surface area contributed by atoms with E-state index in [1.165, 1.54) is 11.1 Å². The Morgan fingerprint density at radius 3 is 2.85 bits per heavy atom. The summed E-state index contributed by atoms with van der Waals surface area (Å²) in [4.78, 5) is 11.2. The van der Waals surface area contributed by atoms with Gasteiger partial charge >= 0.3 is 0 Å². The van der Waals surface area contributed by atoms with Gasteiger partial charge in [-0.05, 0) is 24.0 Å². The van der Waals surface area contributed by atoms with E-state index in [1.807, 2.05) is 0 Å². The van der Waals surface area contributed by atoms with E-state index in [4.69, 9.17) is 0 Å². The molecule has 0 radical (unpaired) electrons. The van der Waals surface area contributed by atoms with E-state index in [0.717, 1.165) is 19.3 Å². The maximum Gasteiger partial charge on any atom is 0.140 e. The Morgan fingerprint density at radius 1 is 1.46 bits per heavy atom. The third kappa shape index (κ3) is 1.51. The summed E-state index contributed by atoms with van der Waals surface area (Å²) in [7, 11) is 0. The normalized spacial score (nSPS) is 21.3. The molecular weight excluding hydrogens is 160 g/mol. The molecule has 0 bridgehead atoms. The monoisotopic (exact) mass is 174 g/mol. The number of carbonyl (C=O) groups excluding carboxylic acids is 1. The Kier molecular flexibility index (Phi) is 2.17. The van der Waals surface area contributed by atoms with Gasteiger partial charge in [0.05, 0.1) is 0 Å². The Hall–Kier alpha value is -1.11. The third-order valence-electron chi connectivity index (χ3n) is 2.83. The average molecular weight is 174 g/mol. The van der Waals surface area contributed by atoms with Crippen LogP contribution >= 0.6 is 0 Å². The van der Waals surface area contributed by atoms with Crippen molar-refractivity contribution >= 4 is 5.78 Å². The Labute approximate surface area is 78.8 Å². The fourth-order valence-corrected chi connectivity index (χ4v) is 1.79. The van der Waals surface area contributed by atoms with Gasteiger partial charge in [0.2, 0.25) is 0 Å². The maximum atomic E-state index is 11.2. The molecular formula is C12H14O. The number of Topliss-reactive ketones (excluding diaryl/α,β-unsaturated/α-hetero) is 1. The van der Waals surface area contributed by atoms with Gasteiger partial charge in [0.15, 0.2) is 0 Å². The second-order valence-corrected chi connectivity index (χ2v) is 3.66. The summed E-state index contributed by atoms with van der Waals surface area (Å²) in [5.74, 6) is 0.625. The number of hydrogen-bond acceptors (Lipinski definition) is 1.